The lowest BCUT2D eigenvalue weighted by molar-refractivity contribution is 0.0326. The van der Waals surface area contributed by atoms with Gasteiger partial charge in [0.25, 0.3) is 0 Å². The maximum atomic E-state index is 3.89. The van der Waals surface area contributed by atoms with Crippen LogP contribution in [0.25, 0.3) is 0 Å². The van der Waals surface area contributed by atoms with Crippen LogP contribution >= 0.6 is 0 Å². The van der Waals surface area contributed by atoms with E-state index in [1.807, 2.05) is 0 Å². The molecule has 1 atom stereocenters. The van der Waals surface area contributed by atoms with Crippen LogP contribution in [-0.2, 0) is 0 Å². The van der Waals surface area contributed by atoms with Gasteiger partial charge >= 0.3 is 0 Å². The second kappa shape index (κ2) is 5.34. The summed E-state index contributed by atoms with van der Waals surface area (Å²) in [7, 11) is 0. The van der Waals surface area contributed by atoms with Gasteiger partial charge in [-0.3, -0.25) is 4.90 Å². The number of nitrogens with zero attached hydrogens (tertiary/aromatic N) is 1. The predicted octanol–water partition coefficient (Wildman–Crippen LogP) is 3.20. The molecular formula is C16H30N2. The van der Waals surface area contributed by atoms with Crippen LogP contribution in [0, 0.1) is 5.41 Å². The van der Waals surface area contributed by atoms with Crippen molar-refractivity contribution in [1.29, 1.82) is 0 Å². The zero-order valence-corrected chi connectivity index (χ0v) is 12.6. The summed E-state index contributed by atoms with van der Waals surface area (Å²) in [5.74, 6) is 0. The largest absolute Gasteiger partial charge is 0.308 e. The van der Waals surface area contributed by atoms with Crippen molar-refractivity contribution < 1.29 is 0 Å². The summed E-state index contributed by atoms with van der Waals surface area (Å²) in [6.07, 6.45) is 10.1. The third-order valence-electron chi connectivity index (χ3n) is 4.75. The number of hydrogen-bond donors (Lipinski definition) is 1. The predicted molar refractivity (Wildman–Crippen MR) is 78.8 cm³/mol. The van der Waals surface area contributed by atoms with E-state index in [1.165, 1.54) is 32.2 Å². The maximum Gasteiger partial charge on any atom is 0.0309 e. The lowest BCUT2D eigenvalue weighted by atomic mass is 9.81. The fourth-order valence-corrected chi connectivity index (χ4v) is 3.67. The first-order valence-corrected chi connectivity index (χ1v) is 7.57. The Hall–Kier alpha value is -0.340. The third kappa shape index (κ3) is 2.97. The van der Waals surface area contributed by atoms with Gasteiger partial charge in [0.1, 0.15) is 0 Å². The number of hydrogen-bond acceptors (Lipinski definition) is 2. The van der Waals surface area contributed by atoms with Gasteiger partial charge in [-0.05, 0) is 25.2 Å². The molecule has 0 aromatic heterocycles. The van der Waals surface area contributed by atoms with Crippen molar-refractivity contribution in [3.05, 3.63) is 12.2 Å². The fraction of sp³-hybridized carbons (Fsp3) is 0.875. The summed E-state index contributed by atoms with van der Waals surface area (Å²) < 4.78 is 0. The molecule has 0 radical (unpaired) electrons. The topological polar surface area (TPSA) is 15.3 Å². The van der Waals surface area contributed by atoms with Crippen LogP contribution in [0.3, 0.4) is 0 Å². The zero-order chi connectivity index (χ0) is 13.2. The molecule has 0 aromatic rings. The first kappa shape index (κ1) is 14.1. The van der Waals surface area contributed by atoms with Gasteiger partial charge < -0.3 is 5.32 Å². The van der Waals surface area contributed by atoms with E-state index in [2.05, 4.69) is 50.1 Å². The molecule has 0 bridgehead atoms. The van der Waals surface area contributed by atoms with Crippen molar-refractivity contribution in [3.63, 3.8) is 0 Å². The summed E-state index contributed by atoms with van der Waals surface area (Å²) in [6, 6.07) is 0.653. The summed E-state index contributed by atoms with van der Waals surface area (Å²) in [6.45, 7) is 12.7. The molecule has 2 aliphatic rings. The molecule has 1 saturated carbocycles. The van der Waals surface area contributed by atoms with E-state index in [1.54, 1.807) is 0 Å². The first-order chi connectivity index (χ1) is 8.47. The van der Waals surface area contributed by atoms with E-state index in [-0.39, 0.29) is 0 Å². The lowest BCUT2D eigenvalue weighted by Gasteiger charge is -2.50. The molecule has 0 aromatic carbocycles. The molecule has 2 rings (SSSR count). The van der Waals surface area contributed by atoms with Gasteiger partial charge in [-0.15, -0.1) is 0 Å². The van der Waals surface area contributed by atoms with Crippen LogP contribution in [0.15, 0.2) is 12.2 Å². The molecule has 1 aliphatic carbocycles. The van der Waals surface area contributed by atoms with E-state index in [0.29, 0.717) is 17.0 Å². The minimum Gasteiger partial charge on any atom is -0.308 e. The van der Waals surface area contributed by atoms with Crippen molar-refractivity contribution in [1.82, 2.24) is 10.2 Å². The highest BCUT2D eigenvalue weighted by molar-refractivity contribution is 5.04. The van der Waals surface area contributed by atoms with Crippen LogP contribution < -0.4 is 5.32 Å². The summed E-state index contributed by atoms with van der Waals surface area (Å²) in [4.78, 5) is 2.71. The molecule has 0 amide bonds. The molecule has 2 fully saturated rings. The van der Waals surface area contributed by atoms with E-state index in [9.17, 15) is 0 Å². The monoisotopic (exact) mass is 250 g/mol. The smallest absolute Gasteiger partial charge is 0.0309 e. The maximum absolute atomic E-state index is 3.89. The van der Waals surface area contributed by atoms with E-state index in [4.69, 9.17) is 0 Å². The quantitative estimate of drug-likeness (QED) is 0.757. The lowest BCUT2D eigenvalue weighted by Crippen LogP contribution is -2.65. The van der Waals surface area contributed by atoms with E-state index >= 15 is 0 Å². The van der Waals surface area contributed by atoms with Gasteiger partial charge in [-0.1, -0.05) is 45.8 Å². The summed E-state index contributed by atoms with van der Waals surface area (Å²) in [5.41, 5.74) is 0.790. The van der Waals surface area contributed by atoms with E-state index in [0.717, 1.165) is 13.1 Å². The number of piperazine rings is 1. The summed E-state index contributed by atoms with van der Waals surface area (Å²) in [5, 5.41) is 3.89. The molecule has 104 valence electrons. The Morgan fingerprint density at radius 2 is 1.94 bits per heavy atom. The van der Waals surface area contributed by atoms with Gasteiger partial charge in [0.05, 0.1) is 0 Å². The standard InChI is InChI=1S/C16H30N2/c1-5-6-11-18-13-16(9-7-8-10-16)17-12-14(18)15(2,3)4/h5-6,14,17H,7-13H2,1-4H3/b6-5+. The van der Waals surface area contributed by atoms with Crippen molar-refractivity contribution in [2.24, 2.45) is 5.41 Å². The minimum atomic E-state index is 0.356. The zero-order valence-electron chi connectivity index (χ0n) is 12.6. The van der Waals surface area contributed by atoms with Crippen LogP contribution in [0.2, 0.25) is 0 Å². The highest BCUT2D eigenvalue weighted by Gasteiger charge is 2.43. The SMILES string of the molecule is C/C=C/CN1CC2(CCCC2)NCC1C(C)(C)C. The molecule has 2 nitrogen and oxygen atoms in total. The Balaban J connectivity index is 2.09. The Bertz CT molecular complexity index is 295. The fourth-order valence-electron chi connectivity index (χ4n) is 3.67. The molecule has 1 aliphatic heterocycles. The van der Waals surface area contributed by atoms with E-state index < -0.39 is 0 Å². The molecule has 1 spiro atoms. The Morgan fingerprint density at radius 3 is 2.50 bits per heavy atom. The Morgan fingerprint density at radius 1 is 1.28 bits per heavy atom. The molecular weight excluding hydrogens is 220 g/mol. The van der Waals surface area contributed by atoms with Crippen LogP contribution in [0.4, 0.5) is 0 Å². The highest BCUT2D eigenvalue weighted by atomic mass is 15.3. The Kier molecular flexibility index (Phi) is 4.18. The minimum absolute atomic E-state index is 0.356. The van der Waals surface area contributed by atoms with Gasteiger partial charge in [-0.2, -0.15) is 0 Å². The van der Waals surface area contributed by atoms with Crippen LogP contribution in [0.1, 0.15) is 53.4 Å². The second-order valence-corrected chi connectivity index (χ2v) is 7.25. The molecule has 1 N–H and O–H groups in total. The molecule has 1 unspecified atom stereocenters. The van der Waals surface area contributed by atoms with Gasteiger partial charge in [0, 0.05) is 31.2 Å². The van der Waals surface area contributed by atoms with Gasteiger partial charge in [-0.25, -0.2) is 0 Å². The number of rotatable bonds is 2. The normalized spacial score (nSPS) is 29.4. The summed E-state index contributed by atoms with van der Waals surface area (Å²) >= 11 is 0. The second-order valence-electron chi connectivity index (χ2n) is 7.25. The van der Waals surface area contributed by atoms with Crippen molar-refractivity contribution in [3.8, 4) is 0 Å². The van der Waals surface area contributed by atoms with Crippen molar-refractivity contribution >= 4 is 0 Å². The highest BCUT2D eigenvalue weighted by Crippen LogP contribution is 2.36. The van der Waals surface area contributed by atoms with Crippen molar-refractivity contribution in [2.45, 2.75) is 65.0 Å². The molecule has 1 saturated heterocycles. The average Bonchev–Trinajstić information content (AvgIpc) is 2.73. The molecule has 18 heavy (non-hydrogen) atoms. The average molecular weight is 250 g/mol. The number of allylic oxidation sites excluding steroid dienone is 1. The van der Waals surface area contributed by atoms with Gasteiger partial charge in [0.15, 0.2) is 0 Å². The van der Waals surface area contributed by atoms with Gasteiger partial charge in [0.2, 0.25) is 0 Å². The molecule has 1 heterocycles. The first-order valence-electron chi connectivity index (χ1n) is 7.57. The number of nitrogens with one attached hydrogen (secondary N) is 1. The van der Waals surface area contributed by atoms with Crippen molar-refractivity contribution in [2.75, 3.05) is 19.6 Å². The van der Waals surface area contributed by atoms with Crippen LogP contribution in [0.5, 0.6) is 0 Å². The third-order valence-corrected chi connectivity index (χ3v) is 4.75. The molecule has 2 heteroatoms. The Labute approximate surface area is 113 Å². The van der Waals surface area contributed by atoms with Crippen LogP contribution in [-0.4, -0.2) is 36.1 Å².